The van der Waals surface area contributed by atoms with Crippen LogP contribution in [0.2, 0.25) is 0 Å². The Morgan fingerprint density at radius 3 is 2.50 bits per heavy atom. The molecule has 0 bridgehead atoms. The highest BCUT2D eigenvalue weighted by molar-refractivity contribution is 9.10. The molecule has 224 valence electrons. The van der Waals surface area contributed by atoms with Crippen molar-refractivity contribution < 1.29 is 23.7 Å². The van der Waals surface area contributed by atoms with E-state index in [0.717, 1.165) is 5.56 Å². The van der Waals surface area contributed by atoms with Crippen LogP contribution < -0.4 is 29.1 Å². The van der Waals surface area contributed by atoms with Crippen molar-refractivity contribution in [3.8, 4) is 23.3 Å². The third-order valence-corrected chi connectivity index (χ3v) is 8.28. The van der Waals surface area contributed by atoms with Crippen molar-refractivity contribution in [2.45, 2.75) is 19.9 Å². The molecule has 0 unspecified atom stereocenters. The quantitative estimate of drug-likeness (QED) is 0.218. The number of methoxy groups -OCH3 is 1. The minimum atomic E-state index is -0.804. The first-order valence-corrected chi connectivity index (χ1v) is 15.4. The summed E-state index contributed by atoms with van der Waals surface area (Å²) < 4.78 is 24.7. The van der Waals surface area contributed by atoms with Crippen LogP contribution in [-0.4, -0.2) is 37.5 Å². The van der Waals surface area contributed by atoms with Crippen molar-refractivity contribution in [3.63, 3.8) is 0 Å². The number of fused-ring (bicyclic) bond motifs is 1. The van der Waals surface area contributed by atoms with Crippen molar-refractivity contribution >= 4 is 45.0 Å². The molecule has 3 aromatic carbocycles. The zero-order valence-corrected chi connectivity index (χ0v) is 26.6. The van der Waals surface area contributed by atoms with Gasteiger partial charge in [0, 0.05) is 5.56 Å². The first kappa shape index (κ1) is 30.8. The zero-order valence-electron chi connectivity index (χ0n) is 24.2. The molecule has 0 saturated carbocycles. The molecule has 9 nitrogen and oxygen atoms in total. The van der Waals surface area contributed by atoms with Crippen molar-refractivity contribution in [2.24, 2.45) is 4.99 Å². The number of carbonyl (C=O) groups excluding carboxylic acids is 1. The SMILES string of the molecule is CCOC(=O)C1=C(c2ccccc2)N=c2s/c(=C\c3cc(Br)c(OCC#N)c(OC)c3)c(=O)n2[C@H]1c1ccc(OCC)cc1. The fraction of sp³-hybridized carbons (Fsp3) is 0.212. The third-order valence-electron chi connectivity index (χ3n) is 6.71. The van der Waals surface area contributed by atoms with Crippen molar-refractivity contribution in [1.29, 1.82) is 5.26 Å². The highest BCUT2D eigenvalue weighted by Gasteiger charge is 2.35. The lowest BCUT2D eigenvalue weighted by molar-refractivity contribution is -0.138. The first-order chi connectivity index (χ1) is 21.4. The summed E-state index contributed by atoms with van der Waals surface area (Å²) in [5.41, 5.74) is 2.49. The molecule has 44 heavy (non-hydrogen) atoms. The van der Waals surface area contributed by atoms with Gasteiger partial charge in [0.25, 0.3) is 5.56 Å². The van der Waals surface area contributed by atoms with Gasteiger partial charge in [-0.1, -0.05) is 53.8 Å². The van der Waals surface area contributed by atoms with E-state index in [4.69, 9.17) is 29.2 Å². The summed E-state index contributed by atoms with van der Waals surface area (Å²) in [6.07, 6.45) is 1.73. The molecule has 1 atom stereocenters. The second-order valence-corrected chi connectivity index (χ2v) is 11.3. The lowest BCUT2D eigenvalue weighted by atomic mass is 9.93. The van der Waals surface area contributed by atoms with Gasteiger partial charge in [0.05, 0.1) is 46.6 Å². The van der Waals surface area contributed by atoms with E-state index in [-0.39, 0.29) is 24.3 Å². The minimum Gasteiger partial charge on any atom is -0.494 e. The number of thiazole rings is 1. The number of rotatable bonds is 10. The van der Waals surface area contributed by atoms with Gasteiger partial charge in [-0.25, -0.2) is 9.79 Å². The summed E-state index contributed by atoms with van der Waals surface area (Å²) in [6, 6.07) is 21.4. The van der Waals surface area contributed by atoms with Crippen molar-refractivity contribution in [1.82, 2.24) is 4.57 Å². The van der Waals surface area contributed by atoms with Gasteiger partial charge in [-0.2, -0.15) is 5.26 Å². The standard InChI is InChI=1S/C33H28BrN3O6S/c1-4-41-23-13-11-22(12-14-23)29-27(32(39)42-5-2)28(21-9-7-6-8-10-21)36-33-37(29)31(38)26(44-33)19-20-17-24(34)30(43-16-15-35)25(18-20)40-3/h6-14,17-19,29H,4-5,16H2,1-3H3/b26-19-/t29-/m0/s1. The molecule has 0 radical (unpaired) electrons. The predicted molar refractivity (Wildman–Crippen MR) is 170 cm³/mol. The Kier molecular flexibility index (Phi) is 9.62. The van der Waals surface area contributed by atoms with Gasteiger partial charge in [0.1, 0.15) is 11.8 Å². The van der Waals surface area contributed by atoms with E-state index in [0.29, 0.717) is 54.5 Å². The van der Waals surface area contributed by atoms with Crippen LogP contribution in [0.1, 0.15) is 36.6 Å². The number of nitrogens with zero attached hydrogens (tertiary/aromatic N) is 3. The molecule has 0 fully saturated rings. The number of halogens is 1. The molecule has 0 aliphatic carbocycles. The van der Waals surface area contributed by atoms with Crippen LogP contribution in [0.5, 0.6) is 17.2 Å². The van der Waals surface area contributed by atoms with Crippen molar-refractivity contribution in [2.75, 3.05) is 26.9 Å². The lowest BCUT2D eigenvalue weighted by Crippen LogP contribution is -2.40. The van der Waals surface area contributed by atoms with Crippen LogP contribution in [0.15, 0.2) is 86.6 Å². The third kappa shape index (κ3) is 6.18. The van der Waals surface area contributed by atoms with Gasteiger partial charge in [-0.05, 0) is 71.2 Å². The van der Waals surface area contributed by atoms with Crippen LogP contribution in [0.25, 0.3) is 11.8 Å². The molecule has 0 N–H and O–H groups in total. The normalized spacial score (nSPS) is 14.3. The summed E-state index contributed by atoms with van der Waals surface area (Å²) in [5.74, 6) is 0.909. The Balaban J connectivity index is 1.76. The number of nitriles is 1. The van der Waals surface area contributed by atoms with Crippen LogP contribution in [0.4, 0.5) is 0 Å². The second kappa shape index (κ2) is 13.8. The van der Waals surface area contributed by atoms with Crippen LogP contribution in [0, 0.1) is 11.3 Å². The van der Waals surface area contributed by atoms with E-state index in [2.05, 4.69) is 15.9 Å². The monoisotopic (exact) mass is 673 g/mol. The topological polar surface area (TPSA) is 112 Å². The van der Waals surface area contributed by atoms with E-state index in [1.165, 1.54) is 18.4 Å². The fourth-order valence-corrected chi connectivity index (χ4v) is 6.46. The summed E-state index contributed by atoms with van der Waals surface area (Å²) in [6.45, 7) is 4.17. The number of carbonyl (C=O) groups is 1. The average molecular weight is 675 g/mol. The molecule has 4 aromatic rings. The maximum Gasteiger partial charge on any atom is 0.338 e. The molecule has 2 heterocycles. The van der Waals surface area contributed by atoms with E-state index in [1.807, 2.05) is 67.6 Å². The summed E-state index contributed by atoms with van der Waals surface area (Å²) in [4.78, 5) is 33.1. The average Bonchev–Trinajstić information content (AvgIpc) is 3.34. The van der Waals surface area contributed by atoms with Crippen molar-refractivity contribution in [3.05, 3.63) is 113 Å². The van der Waals surface area contributed by atoms with Gasteiger partial charge < -0.3 is 18.9 Å². The molecule has 0 spiro atoms. The summed E-state index contributed by atoms with van der Waals surface area (Å²) >= 11 is 4.70. The molecule has 1 aliphatic heterocycles. The fourth-order valence-electron chi connectivity index (χ4n) is 4.89. The Hall–Kier alpha value is -4.66. The van der Waals surface area contributed by atoms with Crippen LogP contribution in [-0.2, 0) is 9.53 Å². The Morgan fingerprint density at radius 2 is 1.84 bits per heavy atom. The van der Waals surface area contributed by atoms with Gasteiger partial charge >= 0.3 is 5.97 Å². The van der Waals surface area contributed by atoms with E-state index >= 15 is 0 Å². The number of esters is 1. The second-order valence-electron chi connectivity index (χ2n) is 9.41. The van der Waals surface area contributed by atoms with Crippen LogP contribution >= 0.6 is 27.3 Å². The number of hydrogen-bond acceptors (Lipinski definition) is 9. The number of ether oxygens (including phenoxy) is 4. The Morgan fingerprint density at radius 1 is 1.09 bits per heavy atom. The van der Waals surface area contributed by atoms with E-state index < -0.39 is 12.0 Å². The molecule has 1 aromatic heterocycles. The molecule has 11 heteroatoms. The minimum absolute atomic E-state index is 0.148. The molecule has 0 saturated heterocycles. The van der Waals surface area contributed by atoms with E-state index in [9.17, 15) is 9.59 Å². The van der Waals surface area contributed by atoms with Gasteiger partial charge in [0.15, 0.2) is 22.9 Å². The molecular weight excluding hydrogens is 646 g/mol. The van der Waals surface area contributed by atoms with Gasteiger partial charge in [-0.15, -0.1) is 0 Å². The predicted octanol–water partition coefficient (Wildman–Crippen LogP) is 5.01. The molecule has 0 amide bonds. The maximum atomic E-state index is 14.2. The Bertz CT molecular complexity index is 1940. The smallest absolute Gasteiger partial charge is 0.338 e. The van der Waals surface area contributed by atoms with Gasteiger partial charge in [0.2, 0.25) is 0 Å². The molecule has 5 rings (SSSR count). The maximum absolute atomic E-state index is 14.2. The summed E-state index contributed by atoms with van der Waals surface area (Å²) in [5, 5.41) is 8.94. The highest BCUT2D eigenvalue weighted by atomic mass is 79.9. The number of aromatic nitrogens is 1. The number of hydrogen-bond donors (Lipinski definition) is 0. The number of benzene rings is 3. The zero-order chi connectivity index (χ0) is 31.2. The highest BCUT2D eigenvalue weighted by Crippen LogP contribution is 2.38. The van der Waals surface area contributed by atoms with Crippen LogP contribution in [0.3, 0.4) is 0 Å². The lowest BCUT2D eigenvalue weighted by Gasteiger charge is -2.26. The van der Waals surface area contributed by atoms with E-state index in [1.54, 1.807) is 29.7 Å². The molecular formula is C33H28BrN3O6S. The largest absolute Gasteiger partial charge is 0.494 e. The summed E-state index contributed by atoms with van der Waals surface area (Å²) in [7, 11) is 1.50. The molecule has 1 aliphatic rings. The van der Waals surface area contributed by atoms with Gasteiger partial charge in [-0.3, -0.25) is 9.36 Å². The first-order valence-electron chi connectivity index (χ1n) is 13.8. The Labute approximate surface area is 266 Å².